The maximum atomic E-state index is 13.6. The van der Waals surface area contributed by atoms with Crippen LogP contribution >= 0.6 is 12.4 Å². The molecule has 3 nitrogen and oxygen atoms in total. The number of rotatable bonds is 3. The molecule has 0 unspecified atom stereocenters. The lowest BCUT2D eigenvalue weighted by Gasteiger charge is -2.43. The number of piperazine rings is 1. The van der Waals surface area contributed by atoms with Gasteiger partial charge in [-0.3, -0.25) is 4.90 Å². The molecule has 24 heavy (non-hydrogen) atoms. The molecule has 138 valence electrons. The fraction of sp³-hybridized carbons (Fsp3) is 0.647. The number of alkyl halides is 3. The van der Waals surface area contributed by atoms with E-state index in [0.717, 1.165) is 32.2 Å². The SMILES string of the molecule is COc1ccc([C@H](N2CCNCC2)C(C)(C)C)c(C(F)(F)F)c1.Cl. The van der Waals surface area contributed by atoms with Crippen molar-refractivity contribution in [2.24, 2.45) is 5.41 Å². The molecular weight excluding hydrogens is 341 g/mol. The van der Waals surface area contributed by atoms with Gasteiger partial charge in [0.15, 0.2) is 0 Å². The lowest BCUT2D eigenvalue weighted by Crippen LogP contribution is -2.48. The molecule has 1 aromatic carbocycles. The smallest absolute Gasteiger partial charge is 0.416 e. The van der Waals surface area contributed by atoms with Crippen LogP contribution in [-0.2, 0) is 6.18 Å². The number of methoxy groups -OCH3 is 1. The van der Waals surface area contributed by atoms with Crippen LogP contribution in [0.25, 0.3) is 0 Å². The number of hydrogen-bond donors (Lipinski definition) is 1. The number of nitrogens with one attached hydrogen (secondary N) is 1. The predicted molar refractivity (Wildman–Crippen MR) is 91.9 cm³/mol. The fourth-order valence-electron chi connectivity index (χ4n) is 3.30. The Morgan fingerprint density at radius 3 is 2.17 bits per heavy atom. The number of nitrogens with zero attached hydrogens (tertiary/aromatic N) is 1. The van der Waals surface area contributed by atoms with E-state index in [9.17, 15) is 13.2 Å². The van der Waals surface area contributed by atoms with Gasteiger partial charge >= 0.3 is 6.18 Å². The minimum atomic E-state index is -4.40. The van der Waals surface area contributed by atoms with E-state index in [2.05, 4.69) is 10.2 Å². The highest BCUT2D eigenvalue weighted by Crippen LogP contribution is 2.44. The Labute approximate surface area is 148 Å². The summed E-state index contributed by atoms with van der Waals surface area (Å²) in [6.45, 7) is 9.04. The van der Waals surface area contributed by atoms with Crippen LogP contribution in [0.5, 0.6) is 5.75 Å². The molecule has 1 atom stereocenters. The van der Waals surface area contributed by atoms with E-state index in [1.54, 1.807) is 12.1 Å². The minimum Gasteiger partial charge on any atom is -0.497 e. The maximum absolute atomic E-state index is 13.6. The Bertz CT molecular complexity index is 538. The van der Waals surface area contributed by atoms with Gasteiger partial charge in [-0.1, -0.05) is 26.8 Å². The molecule has 0 amide bonds. The summed E-state index contributed by atoms with van der Waals surface area (Å²) in [6.07, 6.45) is -4.40. The highest BCUT2D eigenvalue weighted by Gasteiger charge is 2.41. The molecule has 0 saturated carbocycles. The highest BCUT2D eigenvalue weighted by molar-refractivity contribution is 5.85. The predicted octanol–water partition coefficient (Wildman–Crippen LogP) is 4.13. The van der Waals surface area contributed by atoms with Crippen LogP contribution in [0.3, 0.4) is 0 Å². The first kappa shape index (κ1) is 21.1. The summed E-state index contributed by atoms with van der Waals surface area (Å²) in [5, 5.41) is 3.25. The summed E-state index contributed by atoms with van der Waals surface area (Å²) in [6, 6.07) is 3.99. The molecule has 0 spiro atoms. The van der Waals surface area contributed by atoms with Gasteiger partial charge in [0.05, 0.1) is 12.7 Å². The molecule has 1 fully saturated rings. The van der Waals surface area contributed by atoms with Gasteiger partial charge in [0.2, 0.25) is 0 Å². The third-order valence-corrected chi connectivity index (χ3v) is 4.20. The topological polar surface area (TPSA) is 24.5 Å². The second-order valence-electron chi connectivity index (χ2n) is 7.01. The van der Waals surface area contributed by atoms with Crippen molar-refractivity contribution in [1.82, 2.24) is 10.2 Å². The van der Waals surface area contributed by atoms with Crippen molar-refractivity contribution >= 4 is 12.4 Å². The van der Waals surface area contributed by atoms with Gasteiger partial charge in [-0.15, -0.1) is 12.4 Å². The molecule has 1 saturated heterocycles. The van der Waals surface area contributed by atoms with Crippen molar-refractivity contribution in [3.63, 3.8) is 0 Å². The summed E-state index contributed by atoms with van der Waals surface area (Å²) in [5.74, 6) is 0.231. The van der Waals surface area contributed by atoms with Crippen molar-refractivity contribution in [2.45, 2.75) is 33.0 Å². The quantitative estimate of drug-likeness (QED) is 0.870. The van der Waals surface area contributed by atoms with Crippen molar-refractivity contribution < 1.29 is 17.9 Å². The Morgan fingerprint density at radius 1 is 1.12 bits per heavy atom. The Morgan fingerprint density at radius 2 is 1.71 bits per heavy atom. The fourth-order valence-corrected chi connectivity index (χ4v) is 3.30. The highest BCUT2D eigenvalue weighted by atomic mass is 35.5. The molecule has 2 rings (SSSR count). The second kappa shape index (κ2) is 7.93. The number of benzene rings is 1. The van der Waals surface area contributed by atoms with E-state index < -0.39 is 11.7 Å². The molecule has 7 heteroatoms. The van der Waals surface area contributed by atoms with E-state index in [0.29, 0.717) is 5.56 Å². The van der Waals surface area contributed by atoms with E-state index >= 15 is 0 Å². The second-order valence-corrected chi connectivity index (χ2v) is 7.01. The minimum absolute atomic E-state index is 0. The zero-order valence-corrected chi connectivity index (χ0v) is 15.4. The number of ether oxygens (including phenoxy) is 1. The van der Waals surface area contributed by atoms with Crippen LogP contribution < -0.4 is 10.1 Å². The normalized spacial score (nSPS) is 18.0. The van der Waals surface area contributed by atoms with E-state index in [1.165, 1.54) is 7.11 Å². The maximum Gasteiger partial charge on any atom is 0.416 e. The lowest BCUT2D eigenvalue weighted by molar-refractivity contribution is -0.139. The molecular formula is C17H26ClF3N2O. The van der Waals surface area contributed by atoms with Crippen molar-refractivity contribution in [2.75, 3.05) is 33.3 Å². The molecule has 0 aliphatic carbocycles. The molecule has 0 radical (unpaired) electrons. The number of halogens is 4. The van der Waals surface area contributed by atoms with Gasteiger partial charge in [-0.05, 0) is 23.1 Å². The molecule has 0 aromatic heterocycles. The van der Waals surface area contributed by atoms with Crippen molar-refractivity contribution in [3.8, 4) is 5.75 Å². The first-order valence-electron chi connectivity index (χ1n) is 7.84. The molecule has 0 bridgehead atoms. The zero-order valence-electron chi connectivity index (χ0n) is 14.5. The number of hydrogen-bond acceptors (Lipinski definition) is 3. The van der Waals surface area contributed by atoms with Crippen LogP contribution in [0.2, 0.25) is 0 Å². The van der Waals surface area contributed by atoms with Crippen LogP contribution in [0.1, 0.15) is 37.9 Å². The third kappa shape index (κ3) is 4.77. The average molecular weight is 367 g/mol. The standard InChI is InChI=1S/C17H25F3N2O.ClH/c1-16(2,3)15(22-9-7-21-8-10-22)13-6-5-12(23-4)11-14(13)17(18,19)20;/h5-6,11,15,21H,7-10H2,1-4H3;1H/t15-;/m0./s1. The summed E-state index contributed by atoms with van der Waals surface area (Å²) < 4.78 is 45.8. The van der Waals surface area contributed by atoms with Gasteiger partial charge in [-0.2, -0.15) is 13.2 Å². The molecule has 1 aliphatic rings. The summed E-state index contributed by atoms with van der Waals surface area (Å²) in [5.41, 5.74) is -0.589. The van der Waals surface area contributed by atoms with Gasteiger partial charge in [0.25, 0.3) is 0 Å². The molecule has 1 aromatic rings. The van der Waals surface area contributed by atoms with Crippen LogP contribution in [-0.4, -0.2) is 38.2 Å². The monoisotopic (exact) mass is 366 g/mol. The first-order chi connectivity index (χ1) is 10.6. The largest absolute Gasteiger partial charge is 0.497 e. The van der Waals surface area contributed by atoms with E-state index in [1.807, 2.05) is 20.8 Å². The van der Waals surface area contributed by atoms with Gasteiger partial charge in [0, 0.05) is 32.2 Å². The average Bonchev–Trinajstić information content (AvgIpc) is 2.46. The van der Waals surface area contributed by atoms with Gasteiger partial charge in [0.1, 0.15) is 5.75 Å². The molecule has 1 heterocycles. The van der Waals surface area contributed by atoms with Crippen LogP contribution in [0.15, 0.2) is 18.2 Å². The summed E-state index contributed by atoms with van der Waals surface area (Å²) >= 11 is 0. The van der Waals surface area contributed by atoms with Gasteiger partial charge in [-0.25, -0.2) is 0 Å². The van der Waals surface area contributed by atoms with Gasteiger partial charge < -0.3 is 10.1 Å². The Kier molecular flexibility index (Phi) is 6.96. The zero-order chi connectivity index (χ0) is 17.3. The van der Waals surface area contributed by atoms with Crippen LogP contribution in [0.4, 0.5) is 13.2 Å². The Balaban J connectivity index is 0.00000288. The molecule has 1 aliphatic heterocycles. The summed E-state index contributed by atoms with van der Waals surface area (Å²) in [4.78, 5) is 2.15. The molecule has 1 N–H and O–H groups in total. The third-order valence-electron chi connectivity index (χ3n) is 4.20. The van der Waals surface area contributed by atoms with Crippen LogP contribution in [0, 0.1) is 5.41 Å². The first-order valence-corrected chi connectivity index (χ1v) is 7.84. The lowest BCUT2D eigenvalue weighted by atomic mass is 9.79. The van der Waals surface area contributed by atoms with Crippen molar-refractivity contribution in [3.05, 3.63) is 29.3 Å². The van der Waals surface area contributed by atoms with E-state index in [-0.39, 0.29) is 29.6 Å². The van der Waals surface area contributed by atoms with E-state index in [4.69, 9.17) is 4.74 Å². The Hall–Kier alpha value is -0.980. The van der Waals surface area contributed by atoms with Crippen molar-refractivity contribution in [1.29, 1.82) is 0 Å². The summed E-state index contributed by atoms with van der Waals surface area (Å²) in [7, 11) is 1.38.